The first-order chi connectivity index (χ1) is 13.4. The van der Waals surface area contributed by atoms with Gasteiger partial charge in [0.05, 0.1) is 24.8 Å². The summed E-state index contributed by atoms with van der Waals surface area (Å²) in [4.78, 5) is 4.62. The highest BCUT2D eigenvalue weighted by molar-refractivity contribution is 5.76. The van der Waals surface area contributed by atoms with Gasteiger partial charge in [-0.05, 0) is 56.5 Å². The summed E-state index contributed by atoms with van der Waals surface area (Å²) in [5.41, 5.74) is 2.04. The quantitative estimate of drug-likeness (QED) is 0.440. The standard InChI is InChI=1S/C23H28N2O3/c1-5-9-17-12-13-20(21(16-17)27-4)28-15-8-14-25-19-11-7-6-10-18(19)24-22(25)23(2,3)26/h5-7,10-13,16,26H,1,8-9,14-15H2,2-4H3. The highest BCUT2D eigenvalue weighted by Crippen LogP contribution is 2.29. The number of nitrogens with zero attached hydrogens (tertiary/aromatic N) is 2. The van der Waals surface area contributed by atoms with E-state index in [-0.39, 0.29) is 0 Å². The molecule has 28 heavy (non-hydrogen) atoms. The smallest absolute Gasteiger partial charge is 0.161 e. The number of methoxy groups -OCH3 is 1. The second kappa shape index (κ2) is 8.48. The molecule has 1 N–H and O–H groups in total. The van der Waals surface area contributed by atoms with Crippen molar-refractivity contribution < 1.29 is 14.6 Å². The van der Waals surface area contributed by atoms with Crippen molar-refractivity contribution in [3.8, 4) is 11.5 Å². The molecule has 1 heterocycles. The minimum atomic E-state index is -1.01. The van der Waals surface area contributed by atoms with Crippen molar-refractivity contribution in [3.05, 3.63) is 66.5 Å². The summed E-state index contributed by atoms with van der Waals surface area (Å²) in [6, 6.07) is 13.9. The van der Waals surface area contributed by atoms with Crippen LogP contribution in [0, 0.1) is 0 Å². The van der Waals surface area contributed by atoms with Gasteiger partial charge in [0.1, 0.15) is 11.4 Å². The molecule has 5 nitrogen and oxygen atoms in total. The topological polar surface area (TPSA) is 56.5 Å². The summed E-state index contributed by atoms with van der Waals surface area (Å²) in [6.45, 7) is 8.53. The molecule has 0 radical (unpaired) electrons. The largest absolute Gasteiger partial charge is 0.493 e. The lowest BCUT2D eigenvalue weighted by molar-refractivity contribution is 0.0649. The fourth-order valence-electron chi connectivity index (χ4n) is 3.30. The lowest BCUT2D eigenvalue weighted by Gasteiger charge is -2.19. The molecule has 0 atom stereocenters. The van der Waals surface area contributed by atoms with Crippen molar-refractivity contribution in [3.63, 3.8) is 0 Å². The van der Waals surface area contributed by atoms with Gasteiger partial charge in [0.2, 0.25) is 0 Å². The second-order valence-electron chi connectivity index (χ2n) is 7.31. The maximum absolute atomic E-state index is 10.5. The molecule has 0 aliphatic carbocycles. The summed E-state index contributed by atoms with van der Waals surface area (Å²) < 4.78 is 13.5. The number of allylic oxidation sites excluding steroid dienone is 1. The van der Waals surface area contributed by atoms with E-state index in [0.717, 1.165) is 40.9 Å². The molecule has 1 aromatic heterocycles. The van der Waals surface area contributed by atoms with E-state index in [1.165, 1.54) is 0 Å². The molecule has 5 heteroatoms. The van der Waals surface area contributed by atoms with Crippen LogP contribution in [0.15, 0.2) is 55.1 Å². The number of aryl methyl sites for hydroxylation is 1. The van der Waals surface area contributed by atoms with E-state index in [4.69, 9.17) is 9.47 Å². The van der Waals surface area contributed by atoms with E-state index in [0.29, 0.717) is 19.0 Å². The molecule has 0 saturated carbocycles. The van der Waals surface area contributed by atoms with Crippen LogP contribution >= 0.6 is 0 Å². The van der Waals surface area contributed by atoms with Gasteiger partial charge in [-0.2, -0.15) is 0 Å². The van der Waals surface area contributed by atoms with Crippen molar-refractivity contribution in [2.24, 2.45) is 0 Å². The van der Waals surface area contributed by atoms with E-state index in [1.54, 1.807) is 21.0 Å². The van der Waals surface area contributed by atoms with Crippen molar-refractivity contribution in [1.82, 2.24) is 9.55 Å². The predicted octanol–water partition coefficient (Wildman–Crippen LogP) is 4.47. The molecule has 0 unspecified atom stereocenters. The van der Waals surface area contributed by atoms with Gasteiger partial charge in [0.25, 0.3) is 0 Å². The molecular weight excluding hydrogens is 352 g/mol. The van der Waals surface area contributed by atoms with Crippen LogP contribution in [0.2, 0.25) is 0 Å². The summed E-state index contributed by atoms with van der Waals surface area (Å²) in [6.07, 6.45) is 3.44. The van der Waals surface area contributed by atoms with Crippen molar-refractivity contribution in [2.45, 2.75) is 38.8 Å². The summed E-state index contributed by atoms with van der Waals surface area (Å²) in [7, 11) is 1.65. The Hall–Kier alpha value is -2.79. The molecule has 3 rings (SSSR count). The minimum absolute atomic E-state index is 0.537. The van der Waals surface area contributed by atoms with E-state index in [2.05, 4.69) is 16.1 Å². The van der Waals surface area contributed by atoms with Crippen LogP contribution < -0.4 is 9.47 Å². The van der Waals surface area contributed by atoms with Gasteiger partial charge >= 0.3 is 0 Å². The number of para-hydroxylation sites is 2. The predicted molar refractivity (Wildman–Crippen MR) is 112 cm³/mol. The SMILES string of the molecule is C=CCc1ccc(OCCCn2c(C(C)(C)O)nc3ccccc32)c(OC)c1. The molecule has 3 aromatic rings. The fourth-order valence-corrected chi connectivity index (χ4v) is 3.30. The average Bonchev–Trinajstić information content (AvgIpc) is 3.05. The lowest BCUT2D eigenvalue weighted by atomic mass is 10.1. The Morgan fingerprint density at radius 1 is 1.18 bits per heavy atom. The summed E-state index contributed by atoms with van der Waals surface area (Å²) in [5, 5.41) is 10.5. The maximum atomic E-state index is 10.5. The van der Waals surface area contributed by atoms with Gasteiger partial charge < -0.3 is 19.1 Å². The van der Waals surface area contributed by atoms with Crippen LogP contribution in [0.25, 0.3) is 11.0 Å². The number of fused-ring (bicyclic) bond motifs is 1. The van der Waals surface area contributed by atoms with Gasteiger partial charge in [-0.15, -0.1) is 6.58 Å². The van der Waals surface area contributed by atoms with E-state index < -0.39 is 5.60 Å². The number of aliphatic hydroxyl groups is 1. The third-order valence-electron chi connectivity index (χ3n) is 4.59. The van der Waals surface area contributed by atoms with Gasteiger partial charge in [0, 0.05) is 6.54 Å². The van der Waals surface area contributed by atoms with Crippen LogP contribution in [-0.2, 0) is 18.6 Å². The number of hydrogen-bond donors (Lipinski definition) is 1. The summed E-state index contributed by atoms with van der Waals surface area (Å²) >= 11 is 0. The van der Waals surface area contributed by atoms with Gasteiger partial charge in [-0.1, -0.05) is 24.3 Å². The average molecular weight is 380 g/mol. The van der Waals surface area contributed by atoms with Crippen molar-refractivity contribution in [1.29, 1.82) is 0 Å². The zero-order valence-corrected chi connectivity index (χ0v) is 16.8. The monoisotopic (exact) mass is 380 g/mol. The maximum Gasteiger partial charge on any atom is 0.161 e. The van der Waals surface area contributed by atoms with Crippen molar-refractivity contribution in [2.75, 3.05) is 13.7 Å². The molecule has 2 aromatic carbocycles. The van der Waals surface area contributed by atoms with Crippen LogP contribution in [-0.4, -0.2) is 28.4 Å². The Kier molecular flexibility index (Phi) is 6.05. The van der Waals surface area contributed by atoms with Gasteiger partial charge in [0.15, 0.2) is 11.5 Å². The number of hydrogen-bond acceptors (Lipinski definition) is 4. The number of ether oxygens (including phenoxy) is 2. The number of rotatable bonds is 9. The van der Waals surface area contributed by atoms with E-state index in [1.807, 2.05) is 48.5 Å². The molecule has 148 valence electrons. The van der Waals surface area contributed by atoms with Crippen LogP contribution in [0.5, 0.6) is 11.5 Å². The van der Waals surface area contributed by atoms with Gasteiger partial charge in [-0.25, -0.2) is 4.98 Å². The summed E-state index contributed by atoms with van der Waals surface area (Å²) in [5.74, 6) is 2.12. The van der Waals surface area contributed by atoms with E-state index in [9.17, 15) is 5.11 Å². The molecule has 0 aliphatic heterocycles. The Bertz CT molecular complexity index is 954. The van der Waals surface area contributed by atoms with Crippen LogP contribution in [0.3, 0.4) is 0 Å². The minimum Gasteiger partial charge on any atom is -0.493 e. The highest BCUT2D eigenvalue weighted by atomic mass is 16.5. The zero-order chi connectivity index (χ0) is 20.1. The molecule has 0 aliphatic rings. The first-order valence-electron chi connectivity index (χ1n) is 9.52. The fraction of sp³-hybridized carbons (Fsp3) is 0.348. The number of aromatic nitrogens is 2. The molecular formula is C23H28N2O3. The lowest BCUT2D eigenvalue weighted by Crippen LogP contribution is -2.22. The first kappa shape index (κ1) is 20.0. The Morgan fingerprint density at radius 2 is 1.96 bits per heavy atom. The normalized spacial score (nSPS) is 11.6. The molecule has 0 amide bonds. The Labute approximate surface area is 166 Å². The molecule has 0 fully saturated rings. The highest BCUT2D eigenvalue weighted by Gasteiger charge is 2.24. The second-order valence-corrected chi connectivity index (χ2v) is 7.31. The molecule has 0 saturated heterocycles. The zero-order valence-electron chi connectivity index (χ0n) is 16.8. The van der Waals surface area contributed by atoms with Crippen LogP contribution in [0.4, 0.5) is 0 Å². The Balaban J connectivity index is 1.70. The van der Waals surface area contributed by atoms with Gasteiger partial charge in [-0.3, -0.25) is 0 Å². The third-order valence-corrected chi connectivity index (χ3v) is 4.59. The van der Waals surface area contributed by atoms with Crippen LogP contribution in [0.1, 0.15) is 31.7 Å². The Morgan fingerprint density at radius 3 is 2.68 bits per heavy atom. The molecule has 0 spiro atoms. The number of imidazole rings is 1. The van der Waals surface area contributed by atoms with Crippen molar-refractivity contribution >= 4 is 11.0 Å². The number of benzene rings is 2. The van der Waals surface area contributed by atoms with E-state index >= 15 is 0 Å². The third kappa shape index (κ3) is 4.37. The molecule has 0 bridgehead atoms. The first-order valence-corrected chi connectivity index (χ1v) is 9.52.